The van der Waals surface area contributed by atoms with Crippen LogP contribution in [0.5, 0.6) is 0 Å². The number of aliphatic hydroxyl groups is 1. The van der Waals surface area contributed by atoms with Crippen LogP contribution >= 0.6 is 11.6 Å². The largest absolute Gasteiger partial charge is 0.378 e. The number of aliphatic hydroxyl groups excluding tert-OH is 1. The van der Waals surface area contributed by atoms with Gasteiger partial charge >= 0.3 is 0 Å². The predicted octanol–water partition coefficient (Wildman–Crippen LogP) is 4.62. The number of carbonyl (C=O) groups is 1. The summed E-state index contributed by atoms with van der Waals surface area (Å²) in [5, 5.41) is 13.7. The number of rotatable bonds is 4. The van der Waals surface area contributed by atoms with Crippen molar-refractivity contribution in [1.82, 2.24) is 9.88 Å². The number of nitrogens with one attached hydrogen (secondary N) is 1. The van der Waals surface area contributed by atoms with E-state index < -0.39 is 0 Å². The van der Waals surface area contributed by atoms with Crippen molar-refractivity contribution in [3.8, 4) is 11.1 Å². The Balaban J connectivity index is 1.33. The molecule has 1 amide bonds. The van der Waals surface area contributed by atoms with Gasteiger partial charge in [0.15, 0.2) is 0 Å². The van der Waals surface area contributed by atoms with Crippen molar-refractivity contribution in [3.63, 3.8) is 0 Å². The topological polar surface area (TPSA) is 65.5 Å². The standard InChI is InChI=1S/C23H28ClN3O2/c1-15-11-18(13-19(24)12-15)17-6-9-21(25-14-17)26-23(29)16-4-7-20(8-5-16)27-10-2-3-22(27)28/h6,9,11-14,16,20,22,28H,2-5,7-8,10H2,1H3,(H,25,26,29). The fourth-order valence-corrected chi connectivity index (χ4v) is 4.93. The SMILES string of the molecule is Cc1cc(Cl)cc(-c2ccc(NC(=O)C3CCC(N4CCCC4O)CC3)nc2)c1. The highest BCUT2D eigenvalue weighted by Crippen LogP contribution is 2.32. The van der Waals surface area contributed by atoms with Crippen molar-refractivity contribution in [2.75, 3.05) is 11.9 Å². The van der Waals surface area contributed by atoms with Crippen LogP contribution in [0.15, 0.2) is 36.5 Å². The van der Waals surface area contributed by atoms with Gasteiger partial charge in [-0.05, 0) is 80.8 Å². The van der Waals surface area contributed by atoms with E-state index >= 15 is 0 Å². The summed E-state index contributed by atoms with van der Waals surface area (Å²) in [7, 11) is 0. The lowest BCUT2D eigenvalue weighted by atomic mass is 9.84. The van der Waals surface area contributed by atoms with Gasteiger partial charge in [0.25, 0.3) is 0 Å². The molecular formula is C23H28ClN3O2. The smallest absolute Gasteiger partial charge is 0.228 e. The number of hydrogen-bond donors (Lipinski definition) is 2. The Morgan fingerprint density at radius 3 is 2.55 bits per heavy atom. The molecule has 1 saturated heterocycles. The number of aromatic nitrogens is 1. The van der Waals surface area contributed by atoms with Crippen LogP contribution in [-0.2, 0) is 4.79 Å². The zero-order valence-corrected chi connectivity index (χ0v) is 17.5. The zero-order valence-electron chi connectivity index (χ0n) is 16.8. The molecule has 4 rings (SSSR count). The number of aryl methyl sites for hydroxylation is 1. The third kappa shape index (κ3) is 4.80. The number of likely N-dealkylation sites (tertiary alicyclic amines) is 1. The molecule has 1 atom stereocenters. The molecule has 2 N–H and O–H groups in total. The number of halogens is 1. The molecule has 2 aromatic rings. The van der Waals surface area contributed by atoms with Gasteiger partial charge in [-0.15, -0.1) is 0 Å². The van der Waals surface area contributed by atoms with E-state index in [1.807, 2.05) is 31.2 Å². The summed E-state index contributed by atoms with van der Waals surface area (Å²) in [5.74, 6) is 0.641. The highest BCUT2D eigenvalue weighted by Gasteiger charge is 2.34. The van der Waals surface area contributed by atoms with Crippen LogP contribution < -0.4 is 5.32 Å². The molecule has 6 heteroatoms. The lowest BCUT2D eigenvalue weighted by Crippen LogP contribution is -2.42. The quantitative estimate of drug-likeness (QED) is 0.767. The van der Waals surface area contributed by atoms with Crippen LogP contribution in [-0.4, -0.2) is 39.7 Å². The third-order valence-corrected chi connectivity index (χ3v) is 6.41. The average molecular weight is 414 g/mol. The first kappa shape index (κ1) is 20.3. The van der Waals surface area contributed by atoms with Gasteiger partial charge in [0.05, 0.1) is 0 Å². The van der Waals surface area contributed by atoms with Gasteiger partial charge in [-0.1, -0.05) is 17.7 Å². The first-order valence-electron chi connectivity index (χ1n) is 10.5. The maximum atomic E-state index is 12.7. The molecule has 5 nitrogen and oxygen atoms in total. The summed E-state index contributed by atoms with van der Waals surface area (Å²) in [6.45, 7) is 2.99. The summed E-state index contributed by atoms with van der Waals surface area (Å²) >= 11 is 6.15. The van der Waals surface area contributed by atoms with E-state index in [2.05, 4.69) is 21.3 Å². The van der Waals surface area contributed by atoms with Gasteiger partial charge < -0.3 is 10.4 Å². The molecule has 154 valence electrons. The Labute approximate surface area is 177 Å². The molecule has 1 aromatic heterocycles. The number of nitrogens with zero attached hydrogens (tertiary/aromatic N) is 2. The number of anilines is 1. The molecule has 29 heavy (non-hydrogen) atoms. The Hall–Kier alpha value is -1.95. The molecule has 1 aromatic carbocycles. The van der Waals surface area contributed by atoms with Crippen LogP contribution in [0.1, 0.15) is 44.1 Å². The normalized spacial score (nSPS) is 25.1. The molecule has 0 spiro atoms. The lowest BCUT2D eigenvalue weighted by Gasteiger charge is -2.35. The molecule has 2 heterocycles. The number of benzene rings is 1. The molecule has 1 saturated carbocycles. The molecule has 1 unspecified atom stereocenters. The van der Waals surface area contributed by atoms with Gasteiger partial charge in [-0.25, -0.2) is 4.98 Å². The second-order valence-electron chi connectivity index (χ2n) is 8.30. The van der Waals surface area contributed by atoms with Crippen molar-refractivity contribution >= 4 is 23.3 Å². The van der Waals surface area contributed by atoms with E-state index in [4.69, 9.17) is 11.6 Å². The van der Waals surface area contributed by atoms with Crippen LogP contribution in [0.4, 0.5) is 5.82 Å². The van der Waals surface area contributed by atoms with Crippen molar-refractivity contribution < 1.29 is 9.90 Å². The summed E-state index contributed by atoms with van der Waals surface area (Å²) in [6.07, 6.45) is 7.07. The Kier molecular flexibility index (Phi) is 6.18. The fraction of sp³-hybridized carbons (Fsp3) is 0.478. The van der Waals surface area contributed by atoms with Crippen LogP contribution in [0.2, 0.25) is 5.02 Å². The van der Waals surface area contributed by atoms with E-state index in [9.17, 15) is 9.90 Å². The molecule has 1 aliphatic heterocycles. The lowest BCUT2D eigenvalue weighted by molar-refractivity contribution is -0.121. The first-order valence-corrected chi connectivity index (χ1v) is 10.9. The molecule has 1 aliphatic carbocycles. The maximum Gasteiger partial charge on any atom is 0.228 e. The van der Waals surface area contributed by atoms with Gasteiger partial charge in [0, 0.05) is 35.3 Å². The minimum atomic E-state index is -0.295. The van der Waals surface area contributed by atoms with E-state index in [0.717, 1.165) is 61.8 Å². The summed E-state index contributed by atoms with van der Waals surface area (Å²) < 4.78 is 0. The van der Waals surface area contributed by atoms with Crippen molar-refractivity contribution in [2.24, 2.45) is 5.92 Å². The number of carbonyl (C=O) groups excluding carboxylic acids is 1. The number of amides is 1. The molecular weight excluding hydrogens is 386 g/mol. The summed E-state index contributed by atoms with van der Waals surface area (Å²) in [4.78, 5) is 19.3. The Morgan fingerprint density at radius 1 is 1.14 bits per heavy atom. The van der Waals surface area contributed by atoms with Gasteiger partial charge in [0.1, 0.15) is 12.0 Å². The molecule has 0 radical (unpaired) electrons. The fourth-order valence-electron chi connectivity index (χ4n) is 4.64. The van der Waals surface area contributed by atoms with Crippen LogP contribution in [0.3, 0.4) is 0 Å². The number of hydrogen-bond acceptors (Lipinski definition) is 4. The second-order valence-corrected chi connectivity index (χ2v) is 8.74. The molecule has 2 fully saturated rings. The van der Waals surface area contributed by atoms with E-state index in [-0.39, 0.29) is 18.1 Å². The first-order chi connectivity index (χ1) is 14.0. The van der Waals surface area contributed by atoms with Gasteiger partial charge in [-0.3, -0.25) is 9.69 Å². The highest BCUT2D eigenvalue weighted by atomic mass is 35.5. The van der Waals surface area contributed by atoms with Crippen molar-refractivity contribution in [2.45, 2.75) is 57.7 Å². The maximum absolute atomic E-state index is 12.7. The van der Waals surface area contributed by atoms with Crippen molar-refractivity contribution in [1.29, 1.82) is 0 Å². The van der Waals surface area contributed by atoms with E-state index in [1.54, 1.807) is 6.20 Å². The number of pyridine rings is 1. The summed E-state index contributed by atoms with van der Waals surface area (Å²) in [6, 6.07) is 10.1. The van der Waals surface area contributed by atoms with Crippen LogP contribution in [0, 0.1) is 12.8 Å². The van der Waals surface area contributed by atoms with Gasteiger partial charge in [0.2, 0.25) is 5.91 Å². The molecule has 2 aliphatic rings. The highest BCUT2D eigenvalue weighted by molar-refractivity contribution is 6.30. The van der Waals surface area contributed by atoms with E-state index in [0.29, 0.717) is 16.9 Å². The summed E-state index contributed by atoms with van der Waals surface area (Å²) in [5.41, 5.74) is 3.09. The monoisotopic (exact) mass is 413 g/mol. The Bertz CT molecular complexity index is 843. The van der Waals surface area contributed by atoms with Crippen molar-refractivity contribution in [3.05, 3.63) is 47.1 Å². The Morgan fingerprint density at radius 2 is 1.93 bits per heavy atom. The second kappa shape index (κ2) is 8.82. The minimum absolute atomic E-state index is 0.0167. The van der Waals surface area contributed by atoms with E-state index in [1.165, 1.54) is 0 Å². The van der Waals surface area contributed by atoms with Gasteiger partial charge in [-0.2, -0.15) is 0 Å². The predicted molar refractivity (Wildman–Crippen MR) is 116 cm³/mol. The van der Waals surface area contributed by atoms with Crippen LogP contribution in [0.25, 0.3) is 11.1 Å². The average Bonchev–Trinajstić information content (AvgIpc) is 3.14. The minimum Gasteiger partial charge on any atom is -0.378 e. The molecule has 0 bridgehead atoms. The third-order valence-electron chi connectivity index (χ3n) is 6.19. The zero-order chi connectivity index (χ0) is 20.4.